The molecular formula is C27H30F3N6O6P. The Morgan fingerprint density at radius 1 is 1.09 bits per heavy atom. The van der Waals surface area contributed by atoms with Crippen LogP contribution in [0.5, 0.6) is 5.75 Å². The van der Waals surface area contributed by atoms with Crippen LogP contribution in [0.4, 0.5) is 36.3 Å². The fraction of sp³-hybridized carbons (Fsp3) is 0.407. The number of ether oxygens (including phenoxy) is 1. The highest BCUT2D eigenvalue weighted by atomic mass is 31.2. The molecule has 0 saturated heterocycles. The van der Waals surface area contributed by atoms with Crippen molar-refractivity contribution in [2.24, 2.45) is 0 Å². The summed E-state index contributed by atoms with van der Waals surface area (Å²) in [6, 6.07) is 4.25. The Hall–Kier alpha value is -3.78. The van der Waals surface area contributed by atoms with E-state index in [9.17, 15) is 37.4 Å². The number of hydrogen-bond donors (Lipinski definition) is 5. The number of aliphatic hydroxyl groups excluding tert-OH is 1. The van der Waals surface area contributed by atoms with Crippen LogP contribution in [0.2, 0.25) is 0 Å². The molecular weight excluding hydrogens is 592 g/mol. The number of amides is 1. The largest absolute Gasteiger partial charge is 0.495 e. The minimum atomic E-state index is -4.83. The number of anilines is 4. The first-order chi connectivity index (χ1) is 20.2. The number of aliphatic hydroxyl groups is 1. The van der Waals surface area contributed by atoms with E-state index in [1.165, 1.54) is 36.4 Å². The molecule has 1 fully saturated rings. The number of alkyl halides is 3. The zero-order chi connectivity index (χ0) is 31.1. The molecule has 0 unspecified atom stereocenters. The van der Waals surface area contributed by atoms with Crippen molar-refractivity contribution in [2.45, 2.75) is 56.6 Å². The Bertz CT molecular complexity index is 1590. The highest BCUT2D eigenvalue weighted by Gasteiger charge is 2.38. The molecule has 3 heterocycles. The zero-order valence-electron chi connectivity index (χ0n) is 23.2. The van der Waals surface area contributed by atoms with Crippen LogP contribution >= 0.6 is 7.60 Å². The van der Waals surface area contributed by atoms with E-state index in [0.29, 0.717) is 43.1 Å². The van der Waals surface area contributed by atoms with Crippen LogP contribution in [0, 0.1) is 0 Å². The summed E-state index contributed by atoms with van der Waals surface area (Å²) in [7, 11) is -1.42. The molecule has 1 amide bonds. The lowest BCUT2D eigenvalue weighted by atomic mass is 9.83. The van der Waals surface area contributed by atoms with Crippen molar-refractivity contribution in [3.05, 3.63) is 58.5 Å². The maximum atomic E-state index is 14.0. The number of benzene rings is 1. The topological polar surface area (TPSA) is 170 Å². The van der Waals surface area contributed by atoms with Gasteiger partial charge in [0.25, 0.3) is 5.91 Å². The molecule has 1 aromatic carbocycles. The average Bonchev–Trinajstić information content (AvgIpc) is 3.23. The van der Waals surface area contributed by atoms with E-state index in [-0.39, 0.29) is 58.7 Å². The fourth-order valence-electron chi connectivity index (χ4n) is 5.44. The van der Waals surface area contributed by atoms with Crippen molar-refractivity contribution in [2.75, 3.05) is 24.8 Å². The summed E-state index contributed by atoms with van der Waals surface area (Å²) in [6.45, 7) is 0.256. The van der Waals surface area contributed by atoms with Gasteiger partial charge in [-0.15, -0.1) is 0 Å². The lowest BCUT2D eigenvalue weighted by molar-refractivity contribution is -0.137. The highest BCUT2D eigenvalue weighted by molar-refractivity contribution is 7.50. The first kappa shape index (κ1) is 30.7. The predicted octanol–water partition coefficient (Wildman–Crippen LogP) is 4.67. The summed E-state index contributed by atoms with van der Waals surface area (Å²) in [5.74, 6) is -1.03. The van der Waals surface area contributed by atoms with E-state index in [1.54, 1.807) is 7.05 Å². The monoisotopic (exact) mass is 622 g/mol. The summed E-state index contributed by atoms with van der Waals surface area (Å²) in [4.78, 5) is 45.6. The second kappa shape index (κ2) is 11.7. The molecule has 2 aliphatic rings. The van der Waals surface area contributed by atoms with Gasteiger partial charge in [-0.2, -0.15) is 18.2 Å². The van der Waals surface area contributed by atoms with Gasteiger partial charge in [0.2, 0.25) is 5.95 Å². The molecule has 1 saturated carbocycles. The minimum absolute atomic E-state index is 0.0224. The summed E-state index contributed by atoms with van der Waals surface area (Å²) in [6.07, 6.45) is -1.20. The Labute approximate surface area is 244 Å². The van der Waals surface area contributed by atoms with E-state index < -0.39 is 31.3 Å². The van der Waals surface area contributed by atoms with Crippen molar-refractivity contribution < 1.29 is 42.2 Å². The van der Waals surface area contributed by atoms with Crippen LogP contribution in [-0.4, -0.2) is 60.9 Å². The molecule has 0 atom stereocenters. The van der Waals surface area contributed by atoms with Gasteiger partial charge in [0.15, 0.2) is 0 Å². The number of aromatic nitrogens is 3. The second-order valence-corrected chi connectivity index (χ2v) is 12.3. The van der Waals surface area contributed by atoms with Crippen LogP contribution < -0.4 is 15.4 Å². The number of nitrogens with one attached hydrogen (secondary N) is 2. The quantitative estimate of drug-likeness (QED) is 0.221. The Kier molecular flexibility index (Phi) is 8.36. The van der Waals surface area contributed by atoms with Crippen molar-refractivity contribution in [3.63, 3.8) is 0 Å². The molecule has 0 radical (unpaired) electrons. The van der Waals surface area contributed by atoms with Gasteiger partial charge >= 0.3 is 13.8 Å². The smallest absolute Gasteiger partial charge is 0.421 e. The number of fused-ring (bicyclic) bond motifs is 1. The molecule has 0 bridgehead atoms. The van der Waals surface area contributed by atoms with Crippen LogP contribution in [-0.2, 0) is 23.4 Å². The maximum absolute atomic E-state index is 14.0. The van der Waals surface area contributed by atoms with Gasteiger partial charge in [0.05, 0.1) is 42.5 Å². The van der Waals surface area contributed by atoms with Crippen molar-refractivity contribution in [1.82, 2.24) is 19.9 Å². The molecule has 5 N–H and O–H groups in total. The first-order valence-corrected chi connectivity index (χ1v) is 15.2. The van der Waals surface area contributed by atoms with Crippen LogP contribution in [0.15, 0.2) is 30.6 Å². The first-order valence-electron chi connectivity index (χ1n) is 13.4. The SMILES string of the molecule is COc1cc(CP(=O)(O)O)ccc1Nc1ncc(C(F)(F)F)c(Nc2cnc(C3CCC(O)CC3)c3c2C(=O)N(C)C3)n1. The van der Waals surface area contributed by atoms with Gasteiger partial charge in [0.1, 0.15) is 17.1 Å². The van der Waals surface area contributed by atoms with E-state index in [1.807, 2.05) is 0 Å². The summed E-state index contributed by atoms with van der Waals surface area (Å²) >= 11 is 0. The lowest BCUT2D eigenvalue weighted by Crippen LogP contribution is -2.19. The fourth-order valence-corrected chi connectivity index (χ4v) is 6.11. The van der Waals surface area contributed by atoms with E-state index in [2.05, 4.69) is 25.6 Å². The predicted molar refractivity (Wildman–Crippen MR) is 150 cm³/mol. The maximum Gasteiger partial charge on any atom is 0.421 e. The molecule has 12 nitrogen and oxygen atoms in total. The average molecular weight is 623 g/mol. The summed E-state index contributed by atoms with van der Waals surface area (Å²) in [5.41, 5.74) is 1.00. The molecule has 43 heavy (non-hydrogen) atoms. The van der Waals surface area contributed by atoms with E-state index in [4.69, 9.17) is 4.74 Å². The van der Waals surface area contributed by atoms with Gasteiger partial charge in [-0.25, -0.2) is 4.98 Å². The van der Waals surface area contributed by atoms with Gasteiger partial charge in [-0.05, 0) is 43.4 Å². The molecule has 0 spiro atoms. The third kappa shape index (κ3) is 6.74. The van der Waals surface area contributed by atoms with Crippen LogP contribution in [0.1, 0.15) is 64.3 Å². The molecule has 1 aliphatic heterocycles. The number of carbonyl (C=O) groups is 1. The molecule has 1 aliphatic carbocycles. The number of methoxy groups -OCH3 is 1. The highest BCUT2D eigenvalue weighted by Crippen LogP contribution is 2.43. The Morgan fingerprint density at radius 3 is 2.47 bits per heavy atom. The van der Waals surface area contributed by atoms with Gasteiger partial charge in [-0.1, -0.05) is 6.07 Å². The summed E-state index contributed by atoms with van der Waals surface area (Å²) in [5, 5.41) is 15.4. The third-order valence-electron chi connectivity index (χ3n) is 7.50. The molecule has 16 heteroatoms. The minimum Gasteiger partial charge on any atom is -0.495 e. The lowest BCUT2D eigenvalue weighted by Gasteiger charge is -2.26. The molecule has 3 aromatic rings. The van der Waals surface area contributed by atoms with Crippen molar-refractivity contribution in [3.8, 4) is 5.75 Å². The normalized spacial score (nSPS) is 18.9. The van der Waals surface area contributed by atoms with Gasteiger partial charge < -0.3 is 35.2 Å². The number of hydrogen-bond acceptors (Lipinski definition) is 9. The van der Waals surface area contributed by atoms with E-state index in [0.717, 1.165) is 0 Å². The second-order valence-electron chi connectivity index (χ2n) is 10.6. The molecule has 5 rings (SSSR count). The van der Waals surface area contributed by atoms with Crippen LogP contribution in [0.3, 0.4) is 0 Å². The van der Waals surface area contributed by atoms with Crippen LogP contribution in [0.25, 0.3) is 0 Å². The molecule has 2 aromatic heterocycles. The number of pyridine rings is 1. The van der Waals surface area contributed by atoms with Crippen molar-refractivity contribution >= 4 is 36.6 Å². The molecule has 230 valence electrons. The number of nitrogens with zero attached hydrogens (tertiary/aromatic N) is 4. The van der Waals surface area contributed by atoms with E-state index >= 15 is 0 Å². The van der Waals surface area contributed by atoms with Gasteiger partial charge in [0, 0.05) is 37.0 Å². The van der Waals surface area contributed by atoms with Gasteiger partial charge in [-0.3, -0.25) is 14.3 Å². The standard InChI is InChI=1S/C27H30F3N6O6P/c1-36-12-17-22(25(36)38)20(11-31-23(17)15-4-6-16(37)7-5-15)33-24-18(27(28,29)30)10-32-26(35-24)34-19-8-3-14(9-21(19)42-2)13-43(39,40)41/h3,8-11,15-16,37H,4-7,12-13H2,1-2H3,(H2,39,40,41)(H2,32,33,34,35). The Morgan fingerprint density at radius 2 is 1.81 bits per heavy atom. The number of rotatable bonds is 8. The summed E-state index contributed by atoms with van der Waals surface area (Å²) < 4.78 is 58.7. The third-order valence-corrected chi connectivity index (χ3v) is 8.28. The van der Waals surface area contributed by atoms with Crippen molar-refractivity contribution in [1.29, 1.82) is 0 Å². The zero-order valence-corrected chi connectivity index (χ0v) is 24.1. The number of halogens is 3. The number of carbonyl (C=O) groups excluding carboxylic acids is 1. The Balaban J connectivity index is 1.50.